The summed E-state index contributed by atoms with van der Waals surface area (Å²) >= 11 is 3.55. The standard InChI is InChI=1S/C23H21BrN4/c1-23(2,19-11-7-4-8-12-19)28-26-22(25-27-28)21-15-17(16-24)13-14-20(21)18-9-5-3-6-10-18/h3-15H,16H2,1-2H3. The zero-order valence-electron chi connectivity index (χ0n) is 15.9. The molecule has 0 radical (unpaired) electrons. The molecule has 3 aromatic carbocycles. The summed E-state index contributed by atoms with van der Waals surface area (Å²) in [6.45, 7) is 4.20. The average molecular weight is 433 g/mol. The topological polar surface area (TPSA) is 43.6 Å². The first-order valence-corrected chi connectivity index (χ1v) is 10.3. The van der Waals surface area contributed by atoms with E-state index in [2.05, 4.69) is 82.6 Å². The quantitative estimate of drug-likeness (QED) is 0.380. The fourth-order valence-electron chi connectivity index (χ4n) is 3.25. The Bertz CT molecular complexity index is 1070. The predicted octanol–water partition coefficient (Wildman–Crippen LogP) is 5.69. The van der Waals surface area contributed by atoms with E-state index < -0.39 is 5.54 Å². The van der Waals surface area contributed by atoms with Crippen LogP contribution >= 0.6 is 15.9 Å². The minimum Gasteiger partial charge on any atom is -0.154 e. The Balaban J connectivity index is 1.80. The van der Waals surface area contributed by atoms with Gasteiger partial charge in [-0.2, -0.15) is 4.80 Å². The zero-order valence-corrected chi connectivity index (χ0v) is 17.5. The van der Waals surface area contributed by atoms with E-state index in [1.165, 1.54) is 5.56 Å². The van der Waals surface area contributed by atoms with Gasteiger partial charge in [-0.3, -0.25) is 0 Å². The Morgan fingerprint density at radius 2 is 1.54 bits per heavy atom. The van der Waals surface area contributed by atoms with Gasteiger partial charge in [0.2, 0.25) is 5.82 Å². The molecule has 0 saturated carbocycles. The molecule has 0 amide bonds. The highest BCUT2D eigenvalue weighted by Gasteiger charge is 2.26. The van der Waals surface area contributed by atoms with Crippen molar-refractivity contribution in [2.75, 3.05) is 0 Å². The van der Waals surface area contributed by atoms with E-state index in [9.17, 15) is 0 Å². The Labute approximate surface area is 173 Å². The summed E-state index contributed by atoms with van der Waals surface area (Å²) in [4.78, 5) is 1.70. The van der Waals surface area contributed by atoms with E-state index in [1.807, 2.05) is 36.4 Å². The lowest BCUT2D eigenvalue weighted by Gasteiger charge is -2.23. The maximum absolute atomic E-state index is 4.77. The minimum atomic E-state index is -0.396. The monoisotopic (exact) mass is 432 g/mol. The first-order chi connectivity index (χ1) is 13.6. The Morgan fingerprint density at radius 3 is 2.21 bits per heavy atom. The van der Waals surface area contributed by atoms with E-state index in [0.717, 1.165) is 27.6 Å². The van der Waals surface area contributed by atoms with Crippen molar-refractivity contribution in [1.29, 1.82) is 0 Å². The molecular weight excluding hydrogens is 412 g/mol. The van der Waals surface area contributed by atoms with Gasteiger partial charge in [-0.05, 0) is 47.4 Å². The second-order valence-corrected chi connectivity index (χ2v) is 7.77. The minimum absolute atomic E-state index is 0.396. The number of halogens is 1. The number of nitrogens with zero attached hydrogens (tertiary/aromatic N) is 4. The van der Waals surface area contributed by atoms with Crippen LogP contribution in [0.5, 0.6) is 0 Å². The van der Waals surface area contributed by atoms with Crippen molar-refractivity contribution in [2.24, 2.45) is 0 Å². The third kappa shape index (κ3) is 3.50. The van der Waals surface area contributed by atoms with Crippen LogP contribution in [-0.4, -0.2) is 20.2 Å². The smallest absolute Gasteiger partial charge is 0.154 e. The van der Waals surface area contributed by atoms with Crippen molar-refractivity contribution < 1.29 is 0 Å². The van der Waals surface area contributed by atoms with Crippen molar-refractivity contribution in [1.82, 2.24) is 20.2 Å². The molecule has 4 rings (SSSR count). The number of hydrogen-bond donors (Lipinski definition) is 0. The second-order valence-electron chi connectivity index (χ2n) is 7.21. The number of benzene rings is 3. The molecular formula is C23H21BrN4. The average Bonchev–Trinajstić information content (AvgIpc) is 3.26. The summed E-state index contributed by atoms with van der Waals surface area (Å²) < 4.78 is 0. The lowest BCUT2D eigenvalue weighted by molar-refractivity contribution is 0.337. The van der Waals surface area contributed by atoms with Crippen LogP contribution in [0.2, 0.25) is 0 Å². The molecule has 4 aromatic rings. The predicted molar refractivity (Wildman–Crippen MR) is 116 cm³/mol. The molecule has 1 heterocycles. The van der Waals surface area contributed by atoms with Crippen molar-refractivity contribution in [3.05, 3.63) is 90.0 Å². The van der Waals surface area contributed by atoms with Gasteiger partial charge in [-0.1, -0.05) is 88.7 Å². The summed E-state index contributed by atoms with van der Waals surface area (Å²) in [5.41, 5.74) is 5.13. The largest absolute Gasteiger partial charge is 0.205 e. The van der Waals surface area contributed by atoms with Crippen LogP contribution in [-0.2, 0) is 10.9 Å². The van der Waals surface area contributed by atoms with Gasteiger partial charge in [0.25, 0.3) is 0 Å². The van der Waals surface area contributed by atoms with Gasteiger partial charge >= 0.3 is 0 Å². The first kappa shape index (κ1) is 18.6. The molecule has 5 heteroatoms. The van der Waals surface area contributed by atoms with Crippen LogP contribution in [0.15, 0.2) is 78.9 Å². The lowest BCUT2D eigenvalue weighted by atomic mass is 9.95. The molecule has 140 valence electrons. The van der Waals surface area contributed by atoms with Gasteiger partial charge in [0.1, 0.15) is 5.54 Å². The van der Waals surface area contributed by atoms with Crippen LogP contribution in [0.1, 0.15) is 25.0 Å². The van der Waals surface area contributed by atoms with E-state index in [-0.39, 0.29) is 0 Å². The Kier molecular flexibility index (Phi) is 5.09. The van der Waals surface area contributed by atoms with E-state index in [0.29, 0.717) is 5.82 Å². The Hall–Kier alpha value is -2.79. The summed E-state index contributed by atoms with van der Waals surface area (Å²) in [6, 6.07) is 26.9. The fraction of sp³-hybridized carbons (Fsp3) is 0.174. The highest BCUT2D eigenvalue weighted by molar-refractivity contribution is 9.08. The molecule has 0 unspecified atom stereocenters. The van der Waals surface area contributed by atoms with E-state index in [1.54, 1.807) is 4.80 Å². The molecule has 0 fully saturated rings. The van der Waals surface area contributed by atoms with Crippen LogP contribution in [0, 0.1) is 0 Å². The molecule has 0 bridgehead atoms. The molecule has 0 aliphatic heterocycles. The normalized spacial score (nSPS) is 11.5. The fourth-order valence-corrected chi connectivity index (χ4v) is 3.60. The maximum atomic E-state index is 4.77. The van der Waals surface area contributed by atoms with Gasteiger partial charge in [0.15, 0.2) is 0 Å². The summed E-state index contributed by atoms with van der Waals surface area (Å²) in [5.74, 6) is 0.630. The Morgan fingerprint density at radius 1 is 0.857 bits per heavy atom. The molecule has 28 heavy (non-hydrogen) atoms. The van der Waals surface area contributed by atoms with E-state index in [4.69, 9.17) is 5.10 Å². The molecule has 1 aromatic heterocycles. The summed E-state index contributed by atoms with van der Waals surface area (Å²) in [5, 5.41) is 14.3. The highest BCUT2D eigenvalue weighted by atomic mass is 79.9. The molecule has 0 saturated heterocycles. The van der Waals surface area contributed by atoms with Gasteiger partial charge in [0, 0.05) is 10.9 Å². The molecule has 0 atom stereocenters. The number of tetrazole rings is 1. The lowest BCUT2D eigenvalue weighted by Crippen LogP contribution is -2.30. The molecule has 0 spiro atoms. The van der Waals surface area contributed by atoms with Gasteiger partial charge in [-0.15, -0.1) is 10.2 Å². The third-order valence-electron chi connectivity index (χ3n) is 4.96. The van der Waals surface area contributed by atoms with Gasteiger partial charge in [0.05, 0.1) is 0 Å². The number of hydrogen-bond acceptors (Lipinski definition) is 3. The third-order valence-corrected chi connectivity index (χ3v) is 5.61. The summed E-state index contributed by atoms with van der Waals surface area (Å²) in [7, 11) is 0. The van der Waals surface area contributed by atoms with Crippen molar-refractivity contribution >= 4 is 15.9 Å². The SMILES string of the molecule is CC(C)(c1ccccc1)n1nnc(-c2cc(CBr)ccc2-c2ccccc2)n1. The zero-order chi connectivity index (χ0) is 19.6. The van der Waals surface area contributed by atoms with Crippen molar-refractivity contribution in [3.8, 4) is 22.5 Å². The number of rotatable bonds is 5. The van der Waals surface area contributed by atoms with Gasteiger partial charge in [-0.25, -0.2) is 0 Å². The number of alkyl halides is 1. The molecule has 0 aliphatic rings. The first-order valence-electron chi connectivity index (χ1n) is 9.20. The molecule has 4 nitrogen and oxygen atoms in total. The van der Waals surface area contributed by atoms with Crippen LogP contribution in [0.4, 0.5) is 0 Å². The molecule has 0 aliphatic carbocycles. The van der Waals surface area contributed by atoms with Crippen LogP contribution < -0.4 is 0 Å². The highest BCUT2D eigenvalue weighted by Crippen LogP contribution is 2.32. The van der Waals surface area contributed by atoms with Crippen LogP contribution in [0.25, 0.3) is 22.5 Å². The maximum Gasteiger partial charge on any atom is 0.205 e. The second kappa shape index (κ2) is 7.68. The molecule has 0 N–H and O–H groups in total. The van der Waals surface area contributed by atoms with Crippen LogP contribution in [0.3, 0.4) is 0 Å². The van der Waals surface area contributed by atoms with Crippen molar-refractivity contribution in [3.63, 3.8) is 0 Å². The van der Waals surface area contributed by atoms with Gasteiger partial charge < -0.3 is 0 Å². The van der Waals surface area contributed by atoms with E-state index >= 15 is 0 Å². The van der Waals surface area contributed by atoms with Crippen molar-refractivity contribution in [2.45, 2.75) is 24.7 Å². The number of aromatic nitrogens is 4. The summed E-state index contributed by atoms with van der Waals surface area (Å²) in [6.07, 6.45) is 0.